The van der Waals surface area contributed by atoms with Gasteiger partial charge in [-0.25, -0.2) is 0 Å². The molecule has 0 saturated heterocycles. The van der Waals surface area contributed by atoms with Crippen molar-refractivity contribution in [2.24, 2.45) is 0 Å². The molecule has 1 atom stereocenters. The van der Waals surface area contributed by atoms with E-state index in [0.717, 1.165) is 5.56 Å². The number of benzene rings is 2. The third-order valence-corrected chi connectivity index (χ3v) is 3.22. The van der Waals surface area contributed by atoms with Gasteiger partial charge in [-0.1, -0.05) is 60.7 Å². The maximum absolute atomic E-state index is 10.0. The molecule has 2 aromatic rings. The van der Waals surface area contributed by atoms with Gasteiger partial charge in [0.2, 0.25) is 0 Å². The first kappa shape index (κ1) is 14.5. The van der Waals surface area contributed by atoms with Crippen LogP contribution in [0.2, 0.25) is 0 Å². The third-order valence-electron chi connectivity index (χ3n) is 2.94. The average Bonchev–Trinajstić information content (AvgIpc) is 2.52. The Labute approximate surface area is 124 Å². The van der Waals surface area contributed by atoms with E-state index in [4.69, 9.17) is 12.2 Å². The van der Waals surface area contributed by atoms with E-state index in [1.54, 1.807) is 0 Å². The highest BCUT2D eigenvalue weighted by Crippen LogP contribution is 2.10. The van der Waals surface area contributed by atoms with Crippen molar-refractivity contribution in [2.45, 2.75) is 12.6 Å². The van der Waals surface area contributed by atoms with Gasteiger partial charge < -0.3 is 15.7 Å². The van der Waals surface area contributed by atoms with Crippen LogP contribution in [0, 0.1) is 0 Å². The molecule has 20 heavy (non-hydrogen) atoms. The van der Waals surface area contributed by atoms with Gasteiger partial charge in [0.25, 0.3) is 0 Å². The molecular formula is C16H18N2OS. The first-order chi connectivity index (χ1) is 9.75. The molecule has 0 saturated carbocycles. The van der Waals surface area contributed by atoms with Crippen molar-refractivity contribution in [1.29, 1.82) is 0 Å². The Hall–Kier alpha value is -1.91. The topological polar surface area (TPSA) is 44.3 Å². The van der Waals surface area contributed by atoms with Crippen molar-refractivity contribution in [3.05, 3.63) is 71.8 Å². The summed E-state index contributed by atoms with van der Waals surface area (Å²) in [5.41, 5.74) is 2.05. The molecule has 4 heteroatoms. The molecular weight excluding hydrogens is 268 g/mol. The van der Waals surface area contributed by atoms with Gasteiger partial charge in [0.15, 0.2) is 5.11 Å². The summed E-state index contributed by atoms with van der Waals surface area (Å²) >= 11 is 5.19. The average molecular weight is 286 g/mol. The van der Waals surface area contributed by atoms with E-state index in [1.165, 1.54) is 5.56 Å². The predicted molar refractivity (Wildman–Crippen MR) is 85.3 cm³/mol. The van der Waals surface area contributed by atoms with Crippen LogP contribution in [0.4, 0.5) is 0 Å². The van der Waals surface area contributed by atoms with Crippen molar-refractivity contribution < 1.29 is 5.11 Å². The van der Waals surface area contributed by atoms with Crippen molar-refractivity contribution in [3.8, 4) is 0 Å². The molecule has 3 nitrogen and oxygen atoms in total. The van der Waals surface area contributed by atoms with Gasteiger partial charge >= 0.3 is 0 Å². The summed E-state index contributed by atoms with van der Waals surface area (Å²) in [5.74, 6) is 0. The SMILES string of the molecule is OC(CNC(=S)NCc1ccccc1)c1ccccc1. The fourth-order valence-corrected chi connectivity index (χ4v) is 1.98. The van der Waals surface area contributed by atoms with Crippen LogP contribution >= 0.6 is 12.2 Å². The first-order valence-electron chi connectivity index (χ1n) is 6.54. The molecule has 0 heterocycles. The van der Waals surface area contributed by atoms with Crippen LogP contribution in [0.25, 0.3) is 0 Å². The third kappa shape index (κ3) is 4.64. The highest BCUT2D eigenvalue weighted by atomic mass is 32.1. The van der Waals surface area contributed by atoms with Crippen molar-refractivity contribution in [2.75, 3.05) is 6.54 Å². The van der Waals surface area contributed by atoms with Crippen LogP contribution in [0.3, 0.4) is 0 Å². The summed E-state index contributed by atoms with van der Waals surface area (Å²) in [6.07, 6.45) is -0.562. The summed E-state index contributed by atoms with van der Waals surface area (Å²) in [6, 6.07) is 19.6. The first-order valence-corrected chi connectivity index (χ1v) is 6.95. The molecule has 0 spiro atoms. The Morgan fingerprint density at radius 2 is 1.55 bits per heavy atom. The summed E-state index contributed by atoms with van der Waals surface area (Å²) in [5, 5.41) is 16.7. The molecule has 0 fully saturated rings. The van der Waals surface area contributed by atoms with E-state index in [-0.39, 0.29) is 0 Å². The van der Waals surface area contributed by atoms with E-state index in [9.17, 15) is 5.11 Å². The zero-order valence-corrected chi connectivity index (χ0v) is 11.9. The molecule has 2 aromatic carbocycles. The zero-order valence-electron chi connectivity index (χ0n) is 11.1. The standard InChI is InChI=1S/C16H18N2OS/c19-15(14-9-5-2-6-10-14)12-18-16(20)17-11-13-7-3-1-4-8-13/h1-10,15,19H,11-12H2,(H2,17,18,20). The van der Waals surface area contributed by atoms with E-state index < -0.39 is 6.10 Å². The van der Waals surface area contributed by atoms with Crippen molar-refractivity contribution in [3.63, 3.8) is 0 Å². The lowest BCUT2D eigenvalue weighted by atomic mass is 10.1. The molecule has 0 amide bonds. The molecule has 0 aromatic heterocycles. The van der Waals surface area contributed by atoms with Gasteiger partial charge in [-0.15, -0.1) is 0 Å². The lowest BCUT2D eigenvalue weighted by molar-refractivity contribution is 0.181. The van der Waals surface area contributed by atoms with Gasteiger partial charge in [0.1, 0.15) is 0 Å². The van der Waals surface area contributed by atoms with E-state index in [1.807, 2.05) is 60.7 Å². The molecule has 0 aliphatic heterocycles. The zero-order chi connectivity index (χ0) is 14.2. The van der Waals surface area contributed by atoms with Gasteiger partial charge in [-0.05, 0) is 23.3 Å². The van der Waals surface area contributed by atoms with Crippen molar-refractivity contribution >= 4 is 17.3 Å². The number of hydrogen-bond donors (Lipinski definition) is 3. The smallest absolute Gasteiger partial charge is 0.166 e. The minimum atomic E-state index is -0.562. The Bertz CT molecular complexity index is 531. The molecule has 0 bridgehead atoms. The summed E-state index contributed by atoms with van der Waals surface area (Å²) in [4.78, 5) is 0. The molecule has 104 valence electrons. The number of hydrogen-bond acceptors (Lipinski definition) is 2. The minimum absolute atomic E-state index is 0.393. The van der Waals surface area contributed by atoms with Crippen LogP contribution in [0.5, 0.6) is 0 Å². The van der Waals surface area contributed by atoms with Crippen LogP contribution in [-0.4, -0.2) is 16.8 Å². The Morgan fingerprint density at radius 1 is 0.950 bits per heavy atom. The molecule has 1 unspecified atom stereocenters. The fourth-order valence-electron chi connectivity index (χ4n) is 1.82. The minimum Gasteiger partial charge on any atom is -0.387 e. The number of aliphatic hydroxyl groups excluding tert-OH is 1. The number of aliphatic hydroxyl groups is 1. The number of rotatable bonds is 5. The number of thiocarbonyl (C=S) groups is 1. The predicted octanol–water partition coefficient (Wildman–Crippen LogP) is 2.38. The monoisotopic (exact) mass is 286 g/mol. The normalized spacial score (nSPS) is 11.7. The Balaban J connectivity index is 1.73. The molecule has 3 N–H and O–H groups in total. The van der Waals surface area contributed by atoms with Gasteiger partial charge in [0, 0.05) is 13.1 Å². The summed E-state index contributed by atoms with van der Waals surface area (Å²) in [7, 11) is 0. The second-order valence-electron chi connectivity index (χ2n) is 4.48. The van der Waals surface area contributed by atoms with Gasteiger partial charge in [-0.2, -0.15) is 0 Å². The lowest BCUT2D eigenvalue weighted by Gasteiger charge is -2.14. The maximum atomic E-state index is 10.0. The fraction of sp³-hybridized carbons (Fsp3) is 0.188. The van der Waals surface area contributed by atoms with Gasteiger partial charge in [0.05, 0.1) is 6.10 Å². The summed E-state index contributed by atoms with van der Waals surface area (Å²) in [6.45, 7) is 1.07. The van der Waals surface area contributed by atoms with E-state index in [2.05, 4.69) is 10.6 Å². The Morgan fingerprint density at radius 3 is 2.20 bits per heavy atom. The van der Waals surface area contributed by atoms with E-state index in [0.29, 0.717) is 18.2 Å². The van der Waals surface area contributed by atoms with Crippen LogP contribution in [-0.2, 0) is 6.54 Å². The van der Waals surface area contributed by atoms with Crippen LogP contribution in [0.1, 0.15) is 17.2 Å². The highest BCUT2D eigenvalue weighted by molar-refractivity contribution is 7.80. The van der Waals surface area contributed by atoms with Gasteiger partial charge in [-0.3, -0.25) is 0 Å². The van der Waals surface area contributed by atoms with Crippen LogP contribution < -0.4 is 10.6 Å². The lowest BCUT2D eigenvalue weighted by Crippen LogP contribution is -2.37. The molecule has 0 radical (unpaired) electrons. The molecule has 0 aliphatic carbocycles. The van der Waals surface area contributed by atoms with Crippen LogP contribution in [0.15, 0.2) is 60.7 Å². The molecule has 2 rings (SSSR count). The quantitative estimate of drug-likeness (QED) is 0.739. The van der Waals surface area contributed by atoms with E-state index >= 15 is 0 Å². The number of nitrogens with one attached hydrogen (secondary N) is 2. The maximum Gasteiger partial charge on any atom is 0.166 e. The second-order valence-corrected chi connectivity index (χ2v) is 4.88. The Kier molecular flexibility index (Phi) is 5.53. The largest absolute Gasteiger partial charge is 0.387 e. The second kappa shape index (κ2) is 7.62. The van der Waals surface area contributed by atoms with Crippen molar-refractivity contribution in [1.82, 2.24) is 10.6 Å². The molecule has 0 aliphatic rings. The highest BCUT2D eigenvalue weighted by Gasteiger charge is 2.06. The summed E-state index contributed by atoms with van der Waals surface area (Å²) < 4.78 is 0.